The molecule has 0 spiro atoms. The molecule has 6 aromatic rings. The summed E-state index contributed by atoms with van der Waals surface area (Å²) in [5.41, 5.74) is 7.88. The van der Waals surface area contributed by atoms with Crippen LogP contribution in [0.1, 0.15) is 19.3 Å². The Labute approximate surface area is 259 Å². The normalized spacial score (nSPS) is 16.1. The molecule has 0 saturated carbocycles. The Morgan fingerprint density at radius 1 is 0.591 bits per heavy atom. The molecule has 2 aliphatic carbocycles. The highest BCUT2D eigenvalue weighted by Crippen LogP contribution is 2.38. The summed E-state index contributed by atoms with van der Waals surface area (Å²) in [5, 5.41) is 7.65. The van der Waals surface area contributed by atoms with Crippen molar-refractivity contribution in [1.82, 2.24) is 0 Å². The largest absolute Gasteiger partial charge is 0.345 e. The van der Waals surface area contributed by atoms with Gasteiger partial charge in [-0.25, -0.2) is 0 Å². The first-order chi connectivity index (χ1) is 21.7. The molecular weight excluding hydrogens is 532 g/mol. The van der Waals surface area contributed by atoms with E-state index in [-0.39, 0.29) is 0 Å². The molecule has 0 aromatic heterocycles. The van der Waals surface area contributed by atoms with E-state index in [0.29, 0.717) is 5.92 Å². The zero-order valence-electron chi connectivity index (χ0n) is 25.2. The first kappa shape index (κ1) is 26.5. The van der Waals surface area contributed by atoms with Crippen molar-refractivity contribution in [3.63, 3.8) is 0 Å². The van der Waals surface area contributed by atoms with Gasteiger partial charge in [-0.15, -0.1) is 0 Å². The zero-order valence-corrected chi connectivity index (χ0v) is 25.2. The number of allylic oxidation sites excluding steroid dienone is 5. The Balaban J connectivity index is 1.12. The Bertz CT molecular complexity index is 2090. The lowest BCUT2D eigenvalue weighted by molar-refractivity contribution is 0.634. The van der Waals surface area contributed by atoms with E-state index < -0.39 is 0 Å². The fraction of sp³-hybridized carbons (Fsp3) is 0.143. The minimum atomic E-state index is 0.450. The van der Waals surface area contributed by atoms with Gasteiger partial charge in [0.1, 0.15) is 0 Å². The number of hydrogen-bond acceptors (Lipinski definition) is 2. The van der Waals surface area contributed by atoms with Crippen LogP contribution < -0.4 is 9.80 Å². The molecule has 1 unspecified atom stereocenters. The minimum absolute atomic E-state index is 0.450. The third-order valence-corrected chi connectivity index (χ3v) is 9.46. The number of hydrogen-bond donors (Lipinski definition) is 0. The topological polar surface area (TPSA) is 6.48 Å². The van der Waals surface area contributed by atoms with Gasteiger partial charge in [-0.05, 0) is 118 Å². The van der Waals surface area contributed by atoms with E-state index in [1.54, 1.807) is 0 Å². The maximum absolute atomic E-state index is 2.53. The lowest BCUT2D eigenvalue weighted by Crippen LogP contribution is -2.26. The molecule has 0 heterocycles. The third-order valence-electron chi connectivity index (χ3n) is 9.46. The van der Waals surface area contributed by atoms with Crippen LogP contribution >= 0.6 is 0 Å². The Hall–Kier alpha value is -5.08. The van der Waals surface area contributed by atoms with E-state index in [9.17, 15) is 0 Å². The summed E-state index contributed by atoms with van der Waals surface area (Å²) in [5.74, 6) is 0.450. The van der Waals surface area contributed by atoms with Crippen molar-refractivity contribution in [1.29, 1.82) is 0 Å². The molecule has 1 atom stereocenters. The number of anilines is 4. The van der Waals surface area contributed by atoms with Gasteiger partial charge in [-0.2, -0.15) is 0 Å². The van der Waals surface area contributed by atoms with Crippen molar-refractivity contribution in [3.05, 3.63) is 157 Å². The number of rotatable bonds is 6. The minimum Gasteiger partial charge on any atom is -0.345 e. The van der Waals surface area contributed by atoms with Crippen LogP contribution in [-0.4, -0.2) is 13.6 Å². The summed E-state index contributed by atoms with van der Waals surface area (Å²) in [6, 6.07) is 44.5. The summed E-state index contributed by atoms with van der Waals surface area (Å²) < 4.78 is 0. The average Bonchev–Trinajstić information content (AvgIpc) is 3.09. The van der Waals surface area contributed by atoms with Gasteiger partial charge in [0.2, 0.25) is 0 Å². The highest BCUT2D eigenvalue weighted by molar-refractivity contribution is 6.00. The SMILES string of the molecule is CN(c1ccc(N(CC2C=CC3=C(C=CCC3)C2)c2cccc3ccccc23)cc1)c1ccc2cc3ccccc3cc2c1. The molecule has 8 rings (SSSR count). The van der Waals surface area contributed by atoms with Crippen LogP contribution in [0.25, 0.3) is 32.3 Å². The summed E-state index contributed by atoms with van der Waals surface area (Å²) >= 11 is 0. The molecule has 2 aliphatic rings. The van der Waals surface area contributed by atoms with Crippen LogP contribution in [0.3, 0.4) is 0 Å². The molecule has 6 aromatic carbocycles. The van der Waals surface area contributed by atoms with E-state index in [4.69, 9.17) is 0 Å². The molecule has 2 heteroatoms. The van der Waals surface area contributed by atoms with Crippen molar-refractivity contribution < 1.29 is 0 Å². The second-order valence-corrected chi connectivity index (χ2v) is 12.2. The molecule has 0 saturated heterocycles. The van der Waals surface area contributed by atoms with Crippen molar-refractivity contribution in [2.24, 2.45) is 5.92 Å². The maximum atomic E-state index is 2.53. The van der Waals surface area contributed by atoms with Crippen LogP contribution in [0.5, 0.6) is 0 Å². The number of nitrogens with zero attached hydrogens (tertiary/aromatic N) is 2. The molecule has 0 aliphatic heterocycles. The van der Waals surface area contributed by atoms with Gasteiger partial charge in [-0.3, -0.25) is 0 Å². The highest BCUT2D eigenvalue weighted by atomic mass is 15.1. The summed E-state index contributed by atoms with van der Waals surface area (Å²) in [4.78, 5) is 4.81. The van der Waals surface area contributed by atoms with Crippen molar-refractivity contribution in [2.75, 3.05) is 23.4 Å². The lowest BCUT2D eigenvalue weighted by atomic mass is 9.84. The monoisotopic (exact) mass is 568 g/mol. The standard InChI is InChI=1S/C42H36N2/c1-43(40-20-19-36-26-34-12-4-5-13-35(34)27-37(36)28-40)38-21-23-39(24-22-38)44(42-16-8-14-32-10-6-7-15-41(32)42)29-30-17-18-31-9-2-3-11-33(31)25-30/h3-8,10-24,26-28,30H,2,9,25,29H2,1H3. The quantitative estimate of drug-likeness (QED) is 0.184. The first-order valence-electron chi connectivity index (χ1n) is 15.8. The predicted molar refractivity (Wildman–Crippen MR) is 190 cm³/mol. The van der Waals surface area contributed by atoms with Gasteiger partial charge >= 0.3 is 0 Å². The van der Waals surface area contributed by atoms with E-state index in [2.05, 4.69) is 162 Å². The molecular formula is C42H36N2. The second-order valence-electron chi connectivity index (χ2n) is 12.2. The molecule has 0 N–H and O–H groups in total. The van der Waals surface area contributed by atoms with Crippen LogP contribution in [-0.2, 0) is 0 Å². The fourth-order valence-electron chi connectivity index (χ4n) is 7.01. The van der Waals surface area contributed by atoms with Crippen LogP contribution in [0.2, 0.25) is 0 Å². The van der Waals surface area contributed by atoms with Gasteiger partial charge in [0.25, 0.3) is 0 Å². The number of benzene rings is 6. The molecule has 44 heavy (non-hydrogen) atoms. The second kappa shape index (κ2) is 11.2. The van der Waals surface area contributed by atoms with Crippen molar-refractivity contribution in [2.45, 2.75) is 19.3 Å². The average molecular weight is 569 g/mol. The lowest BCUT2D eigenvalue weighted by Gasteiger charge is -2.32. The third kappa shape index (κ3) is 4.97. The Morgan fingerprint density at radius 2 is 1.27 bits per heavy atom. The van der Waals surface area contributed by atoms with Gasteiger partial charge in [0.15, 0.2) is 0 Å². The van der Waals surface area contributed by atoms with E-state index >= 15 is 0 Å². The van der Waals surface area contributed by atoms with Crippen LogP contribution in [0, 0.1) is 5.92 Å². The highest BCUT2D eigenvalue weighted by Gasteiger charge is 2.22. The van der Waals surface area contributed by atoms with Crippen molar-refractivity contribution in [3.8, 4) is 0 Å². The zero-order chi connectivity index (χ0) is 29.5. The summed E-state index contributed by atoms with van der Waals surface area (Å²) in [7, 11) is 2.16. The van der Waals surface area contributed by atoms with Gasteiger partial charge in [0.05, 0.1) is 0 Å². The smallest absolute Gasteiger partial charge is 0.0490 e. The first-order valence-corrected chi connectivity index (χ1v) is 15.8. The molecule has 0 bridgehead atoms. The summed E-state index contributed by atoms with van der Waals surface area (Å²) in [6.07, 6.45) is 13.0. The molecule has 0 radical (unpaired) electrons. The number of fused-ring (bicyclic) bond motifs is 3. The van der Waals surface area contributed by atoms with Crippen molar-refractivity contribution >= 4 is 55.1 Å². The van der Waals surface area contributed by atoms with Crippen LogP contribution in [0.15, 0.2) is 157 Å². The predicted octanol–water partition coefficient (Wildman–Crippen LogP) is 11.3. The van der Waals surface area contributed by atoms with Gasteiger partial charge in [-0.1, -0.05) is 91.0 Å². The summed E-state index contributed by atoms with van der Waals surface area (Å²) in [6.45, 7) is 0.933. The molecule has 214 valence electrons. The van der Waals surface area contributed by atoms with Crippen LogP contribution in [0.4, 0.5) is 22.7 Å². The Kier molecular flexibility index (Phi) is 6.76. The van der Waals surface area contributed by atoms with E-state index in [0.717, 1.165) is 19.4 Å². The molecule has 0 amide bonds. The Morgan fingerprint density at radius 3 is 2.11 bits per heavy atom. The molecule has 2 nitrogen and oxygen atoms in total. The fourth-order valence-corrected chi connectivity index (χ4v) is 7.01. The molecule has 0 fully saturated rings. The van der Waals surface area contributed by atoms with E-state index in [1.807, 2.05) is 0 Å². The van der Waals surface area contributed by atoms with Gasteiger partial charge in [0, 0.05) is 41.7 Å². The maximum Gasteiger partial charge on any atom is 0.0490 e. The van der Waals surface area contributed by atoms with E-state index in [1.165, 1.54) is 72.6 Å². The van der Waals surface area contributed by atoms with Gasteiger partial charge < -0.3 is 9.80 Å².